The summed E-state index contributed by atoms with van der Waals surface area (Å²) < 4.78 is 1.12. The molecular weight excluding hydrogens is 226 g/mol. The highest BCUT2D eigenvalue weighted by atomic mass is 32.2. The second-order valence-electron chi connectivity index (χ2n) is 3.08. The molecule has 0 fully saturated rings. The maximum atomic E-state index is 10.5. The molecule has 0 amide bonds. The Labute approximate surface area is 97.6 Å². The molecule has 0 N–H and O–H groups in total. The van der Waals surface area contributed by atoms with E-state index in [2.05, 4.69) is 4.99 Å². The van der Waals surface area contributed by atoms with E-state index in [1.54, 1.807) is 23.5 Å². The summed E-state index contributed by atoms with van der Waals surface area (Å²) in [5.74, 6) is 1.08. The van der Waals surface area contributed by atoms with Gasteiger partial charge in [-0.05, 0) is 11.6 Å². The molecule has 0 aliphatic carbocycles. The van der Waals surface area contributed by atoms with Gasteiger partial charge in [-0.2, -0.15) is 0 Å². The van der Waals surface area contributed by atoms with E-state index in [0.29, 0.717) is 6.42 Å². The summed E-state index contributed by atoms with van der Waals surface area (Å²) in [6.45, 7) is 0.919. The number of carbonyl (C=O) groups excluding carboxylic acids is 1. The van der Waals surface area contributed by atoms with Gasteiger partial charge in [0.15, 0.2) is 0 Å². The van der Waals surface area contributed by atoms with Crippen LogP contribution in [0.15, 0.2) is 34.2 Å². The first-order valence-electron chi connectivity index (χ1n) is 4.77. The molecule has 1 aliphatic heterocycles. The monoisotopic (exact) mass is 237 g/mol. The van der Waals surface area contributed by atoms with Crippen LogP contribution in [0.2, 0.25) is 0 Å². The number of aliphatic imine (C=N–C) groups is 1. The molecule has 2 nitrogen and oxygen atoms in total. The van der Waals surface area contributed by atoms with Gasteiger partial charge in [-0.15, -0.1) is 0 Å². The SMILES string of the molecule is O=CCc1ccccc1SC1=NCCS1. The topological polar surface area (TPSA) is 29.4 Å². The van der Waals surface area contributed by atoms with Crippen molar-refractivity contribution in [3.8, 4) is 0 Å². The third-order valence-corrected chi connectivity index (χ3v) is 4.32. The van der Waals surface area contributed by atoms with Crippen LogP contribution in [-0.2, 0) is 11.2 Å². The lowest BCUT2D eigenvalue weighted by Gasteiger charge is -2.05. The van der Waals surface area contributed by atoms with Crippen LogP contribution < -0.4 is 0 Å². The molecule has 0 saturated carbocycles. The zero-order valence-corrected chi connectivity index (χ0v) is 9.81. The van der Waals surface area contributed by atoms with E-state index in [4.69, 9.17) is 0 Å². The number of benzene rings is 1. The van der Waals surface area contributed by atoms with E-state index >= 15 is 0 Å². The summed E-state index contributed by atoms with van der Waals surface area (Å²) in [6.07, 6.45) is 1.43. The molecule has 0 atom stereocenters. The van der Waals surface area contributed by atoms with E-state index in [1.165, 1.54) is 0 Å². The highest BCUT2D eigenvalue weighted by molar-refractivity contribution is 8.39. The highest BCUT2D eigenvalue weighted by Gasteiger charge is 2.10. The van der Waals surface area contributed by atoms with Crippen LogP contribution in [0.4, 0.5) is 0 Å². The second kappa shape index (κ2) is 5.37. The van der Waals surface area contributed by atoms with Gasteiger partial charge in [0.2, 0.25) is 0 Å². The quantitative estimate of drug-likeness (QED) is 0.757. The van der Waals surface area contributed by atoms with Crippen molar-refractivity contribution in [1.82, 2.24) is 0 Å². The van der Waals surface area contributed by atoms with E-state index in [-0.39, 0.29) is 0 Å². The lowest BCUT2D eigenvalue weighted by atomic mass is 10.2. The van der Waals surface area contributed by atoms with Gasteiger partial charge in [0.1, 0.15) is 10.7 Å². The molecule has 0 radical (unpaired) electrons. The molecule has 0 saturated heterocycles. The molecule has 78 valence electrons. The smallest absolute Gasteiger partial charge is 0.129 e. The van der Waals surface area contributed by atoms with Crippen molar-refractivity contribution in [2.24, 2.45) is 4.99 Å². The molecule has 0 unspecified atom stereocenters. The number of hydrogen-bond donors (Lipinski definition) is 0. The predicted octanol–water partition coefficient (Wildman–Crippen LogP) is 2.62. The average molecular weight is 237 g/mol. The minimum Gasteiger partial charge on any atom is -0.303 e. The maximum Gasteiger partial charge on any atom is 0.129 e. The summed E-state index contributed by atoms with van der Waals surface area (Å²) in [4.78, 5) is 16.1. The largest absolute Gasteiger partial charge is 0.303 e. The first kappa shape index (κ1) is 10.8. The fourth-order valence-corrected chi connectivity index (χ4v) is 3.40. The highest BCUT2D eigenvalue weighted by Crippen LogP contribution is 2.31. The van der Waals surface area contributed by atoms with Crippen molar-refractivity contribution in [3.63, 3.8) is 0 Å². The Morgan fingerprint density at radius 2 is 2.33 bits per heavy atom. The summed E-state index contributed by atoms with van der Waals surface area (Å²) in [5.41, 5.74) is 1.09. The van der Waals surface area contributed by atoms with Gasteiger partial charge in [-0.1, -0.05) is 41.7 Å². The average Bonchev–Trinajstić information content (AvgIpc) is 2.74. The lowest BCUT2D eigenvalue weighted by molar-refractivity contribution is -0.107. The van der Waals surface area contributed by atoms with Crippen LogP contribution in [0.5, 0.6) is 0 Å². The molecule has 1 aliphatic rings. The van der Waals surface area contributed by atoms with Gasteiger partial charge in [0.05, 0.1) is 6.54 Å². The van der Waals surface area contributed by atoms with Crippen LogP contribution in [0, 0.1) is 0 Å². The Hall–Kier alpha value is -0.740. The van der Waals surface area contributed by atoms with Crippen LogP contribution in [-0.4, -0.2) is 23.0 Å². The maximum absolute atomic E-state index is 10.5. The van der Waals surface area contributed by atoms with Crippen LogP contribution in [0.25, 0.3) is 0 Å². The minimum atomic E-state index is 0.487. The number of nitrogens with zero attached hydrogens (tertiary/aromatic N) is 1. The third-order valence-electron chi connectivity index (χ3n) is 2.03. The number of rotatable bonds is 3. The van der Waals surface area contributed by atoms with Gasteiger partial charge < -0.3 is 4.79 Å². The van der Waals surface area contributed by atoms with Gasteiger partial charge >= 0.3 is 0 Å². The molecule has 4 heteroatoms. The zero-order valence-electron chi connectivity index (χ0n) is 8.18. The lowest BCUT2D eigenvalue weighted by Crippen LogP contribution is -1.90. The molecule has 0 aromatic heterocycles. The van der Waals surface area contributed by atoms with Crippen molar-refractivity contribution in [2.45, 2.75) is 11.3 Å². The Morgan fingerprint density at radius 3 is 3.07 bits per heavy atom. The Kier molecular flexibility index (Phi) is 3.86. The van der Waals surface area contributed by atoms with Crippen LogP contribution >= 0.6 is 23.5 Å². The van der Waals surface area contributed by atoms with E-state index in [1.807, 2.05) is 24.3 Å². The number of carbonyl (C=O) groups is 1. The minimum absolute atomic E-state index is 0.487. The summed E-state index contributed by atoms with van der Waals surface area (Å²) >= 11 is 3.46. The molecular formula is C11H11NOS2. The molecule has 1 aromatic carbocycles. The van der Waals surface area contributed by atoms with Crippen molar-refractivity contribution in [1.29, 1.82) is 0 Å². The molecule has 1 heterocycles. The summed E-state index contributed by atoms with van der Waals surface area (Å²) in [7, 11) is 0. The van der Waals surface area contributed by atoms with Gasteiger partial charge in [-0.3, -0.25) is 4.99 Å². The van der Waals surface area contributed by atoms with Gasteiger partial charge in [-0.25, -0.2) is 0 Å². The van der Waals surface area contributed by atoms with Gasteiger partial charge in [0, 0.05) is 17.1 Å². The Morgan fingerprint density at radius 1 is 1.47 bits per heavy atom. The first-order valence-corrected chi connectivity index (χ1v) is 6.57. The van der Waals surface area contributed by atoms with Crippen molar-refractivity contribution >= 4 is 34.2 Å². The van der Waals surface area contributed by atoms with Crippen molar-refractivity contribution < 1.29 is 4.79 Å². The summed E-state index contributed by atoms with van der Waals surface area (Å²) in [5, 5.41) is 0. The molecule has 0 bridgehead atoms. The third kappa shape index (κ3) is 2.86. The van der Waals surface area contributed by atoms with Crippen molar-refractivity contribution in [2.75, 3.05) is 12.3 Å². The van der Waals surface area contributed by atoms with Gasteiger partial charge in [0.25, 0.3) is 0 Å². The summed E-state index contributed by atoms with van der Waals surface area (Å²) in [6, 6.07) is 8.01. The molecule has 0 spiro atoms. The van der Waals surface area contributed by atoms with E-state index in [0.717, 1.165) is 33.4 Å². The number of thioether (sulfide) groups is 2. The zero-order chi connectivity index (χ0) is 10.5. The fraction of sp³-hybridized carbons (Fsp3) is 0.273. The van der Waals surface area contributed by atoms with Crippen LogP contribution in [0.1, 0.15) is 5.56 Å². The second-order valence-corrected chi connectivity index (χ2v) is 5.45. The Bertz CT molecular complexity index is 390. The van der Waals surface area contributed by atoms with E-state index < -0.39 is 0 Å². The molecule has 2 rings (SSSR count). The normalized spacial score (nSPS) is 15.1. The van der Waals surface area contributed by atoms with Crippen molar-refractivity contribution in [3.05, 3.63) is 29.8 Å². The Balaban J connectivity index is 2.15. The number of hydrogen-bond acceptors (Lipinski definition) is 4. The molecule has 15 heavy (non-hydrogen) atoms. The standard InChI is InChI=1S/C11H11NOS2/c13-7-5-9-3-1-2-4-10(9)15-11-12-6-8-14-11/h1-4,7H,5-6,8H2. The number of aldehydes is 1. The first-order chi connectivity index (χ1) is 7.40. The predicted molar refractivity (Wildman–Crippen MR) is 66.8 cm³/mol. The molecule has 1 aromatic rings. The fourth-order valence-electron chi connectivity index (χ4n) is 1.33. The van der Waals surface area contributed by atoms with E-state index in [9.17, 15) is 4.79 Å². The van der Waals surface area contributed by atoms with Crippen LogP contribution in [0.3, 0.4) is 0 Å².